The van der Waals surface area contributed by atoms with Gasteiger partial charge in [-0.1, -0.05) is 18.5 Å². The molecule has 1 aliphatic carbocycles. The molecule has 30 heavy (non-hydrogen) atoms. The fourth-order valence-corrected chi connectivity index (χ4v) is 4.28. The lowest BCUT2D eigenvalue weighted by atomic mass is 9.74. The van der Waals surface area contributed by atoms with E-state index in [1.807, 2.05) is 19.2 Å². The zero-order chi connectivity index (χ0) is 21.5. The highest BCUT2D eigenvalue weighted by Gasteiger charge is 2.60. The van der Waals surface area contributed by atoms with Crippen LogP contribution in [-0.2, 0) is 11.3 Å². The third-order valence-electron chi connectivity index (χ3n) is 5.56. The number of ether oxygens (including phenoxy) is 3. The number of nitrogens with zero attached hydrogens (tertiary/aromatic N) is 2. The number of allylic oxidation sites excluding steroid dienone is 1. The molecule has 1 spiro atoms. The molecule has 1 aromatic carbocycles. The molecule has 0 saturated carbocycles. The van der Waals surface area contributed by atoms with Crippen molar-refractivity contribution in [3.05, 3.63) is 46.9 Å². The topological polar surface area (TPSA) is 91.7 Å². The van der Waals surface area contributed by atoms with Crippen molar-refractivity contribution in [3.63, 3.8) is 0 Å². The Bertz CT molecular complexity index is 1030. The lowest BCUT2D eigenvalue weighted by molar-refractivity contribution is -0.129. The highest BCUT2D eigenvalue weighted by Crippen LogP contribution is 2.52. The van der Waals surface area contributed by atoms with Crippen molar-refractivity contribution in [2.45, 2.75) is 25.5 Å². The molecule has 158 valence electrons. The quantitative estimate of drug-likeness (QED) is 0.703. The zero-order valence-electron chi connectivity index (χ0n) is 16.9. The van der Waals surface area contributed by atoms with Gasteiger partial charge in [0.25, 0.3) is 0 Å². The SMILES string of the molecule is COc1cc(OC)c2c(c1Cl)O[C@@]1(C(=O)C=C(NCCn3cccn3)C[C@H]1C)C2=O. The summed E-state index contributed by atoms with van der Waals surface area (Å²) in [5.74, 6) is -0.565. The van der Waals surface area contributed by atoms with Crippen molar-refractivity contribution in [2.75, 3.05) is 20.8 Å². The number of hydrogen-bond donors (Lipinski definition) is 1. The summed E-state index contributed by atoms with van der Waals surface area (Å²) >= 11 is 6.39. The molecule has 1 N–H and O–H groups in total. The Balaban J connectivity index is 1.61. The average Bonchev–Trinajstić information content (AvgIpc) is 3.35. The first-order chi connectivity index (χ1) is 14.4. The zero-order valence-corrected chi connectivity index (χ0v) is 17.7. The molecule has 2 atom stereocenters. The molecule has 0 bridgehead atoms. The number of methoxy groups -OCH3 is 2. The van der Waals surface area contributed by atoms with Gasteiger partial charge in [0.05, 0.1) is 20.8 Å². The number of benzene rings is 1. The fourth-order valence-electron chi connectivity index (χ4n) is 4.02. The molecule has 2 aliphatic rings. The highest BCUT2D eigenvalue weighted by atomic mass is 35.5. The summed E-state index contributed by atoms with van der Waals surface area (Å²) in [5, 5.41) is 7.55. The Morgan fingerprint density at radius 1 is 1.33 bits per heavy atom. The van der Waals surface area contributed by atoms with E-state index in [9.17, 15) is 9.59 Å². The fraction of sp³-hybridized carbons (Fsp3) is 0.381. The third-order valence-corrected chi connectivity index (χ3v) is 5.92. The third kappa shape index (κ3) is 3.02. The van der Waals surface area contributed by atoms with Gasteiger partial charge in [0.15, 0.2) is 5.75 Å². The van der Waals surface area contributed by atoms with Crippen LogP contribution in [-0.4, -0.2) is 47.7 Å². The van der Waals surface area contributed by atoms with E-state index in [-0.39, 0.29) is 22.1 Å². The van der Waals surface area contributed by atoms with Crippen LogP contribution in [0.4, 0.5) is 0 Å². The standard InChI is InChI=1S/C21H22ClN3O5/c1-12-9-13(23-6-8-25-7-4-5-24-25)10-16(26)21(12)20(27)17-14(28-2)11-15(29-3)18(22)19(17)30-21/h4-5,7,10-12,23H,6,8-9H2,1-3H3/t12-,21+/m1/s1. The Kier molecular flexibility index (Phi) is 5.19. The predicted molar refractivity (Wildman–Crippen MR) is 109 cm³/mol. The molecule has 0 saturated heterocycles. The number of ketones is 2. The maximum Gasteiger partial charge on any atom is 0.236 e. The second-order valence-electron chi connectivity index (χ2n) is 7.30. The van der Waals surface area contributed by atoms with Gasteiger partial charge in [-0.05, 0) is 12.5 Å². The Hall–Kier alpha value is -3.00. The van der Waals surface area contributed by atoms with Crippen molar-refractivity contribution in [1.82, 2.24) is 15.1 Å². The maximum atomic E-state index is 13.4. The minimum Gasteiger partial charge on any atom is -0.496 e. The number of fused-ring (bicyclic) bond motifs is 1. The van der Waals surface area contributed by atoms with Gasteiger partial charge in [0.1, 0.15) is 22.1 Å². The summed E-state index contributed by atoms with van der Waals surface area (Å²) in [6.45, 7) is 3.08. The van der Waals surface area contributed by atoms with E-state index in [4.69, 9.17) is 25.8 Å². The second kappa shape index (κ2) is 7.68. The van der Waals surface area contributed by atoms with Crippen LogP contribution < -0.4 is 19.5 Å². The largest absolute Gasteiger partial charge is 0.496 e. The predicted octanol–water partition coefficient (Wildman–Crippen LogP) is 2.65. The Morgan fingerprint density at radius 3 is 2.73 bits per heavy atom. The van der Waals surface area contributed by atoms with Crippen LogP contribution >= 0.6 is 11.6 Å². The van der Waals surface area contributed by atoms with Crippen LogP contribution in [0.25, 0.3) is 0 Å². The van der Waals surface area contributed by atoms with Gasteiger partial charge in [-0.3, -0.25) is 14.3 Å². The van der Waals surface area contributed by atoms with Crippen molar-refractivity contribution in [1.29, 1.82) is 0 Å². The monoisotopic (exact) mass is 431 g/mol. The van der Waals surface area contributed by atoms with E-state index in [0.717, 1.165) is 5.70 Å². The first kappa shape index (κ1) is 20.3. The van der Waals surface area contributed by atoms with Crippen LogP contribution in [0, 0.1) is 5.92 Å². The number of Topliss-reactive ketones (excluding diaryl/α,β-unsaturated/α-hetero) is 1. The van der Waals surface area contributed by atoms with Crippen LogP contribution in [0.5, 0.6) is 17.2 Å². The van der Waals surface area contributed by atoms with Gasteiger partial charge < -0.3 is 19.5 Å². The van der Waals surface area contributed by atoms with Gasteiger partial charge in [-0.25, -0.2) is 0 Å². The molecule has 8 nitrogen and oxygen atoms in total. The van der Waals surface area contributed by atoms with Crippen LogP contribution in [0.1, 0.15) is 23.7 Å². The maximum absolute atomic E-state index is 13.4. The van der Waals surface area contributed by atoms with Crippen LogP contribution in [0.3, 0.4) is 0 Å². The highest BCUT2D eigenvalue weighted by molar-refractivity contribution is 6.36. The normalized spacial score (nSPS) is 22.5. The molecule has 0 unspecified atom stereocenters. The lowest BCUT2D eigenvalue weighted by Gasteiger charge is -2.35. The molecule has 4 rings (SSSR count). The molecule has 2 heterocycles. The molecular formula is C21H22ClN3O5. The molecule has 0 radical (unpaired) electrons. The van der Waals surface area contributed by atoms with E-state index >= 15 is 0 Å². The van der Waals surface area contributed by atoms with E-state index in [0.29, 0.717) is 25.3 Å². The minimum atomic E-state index is -1.65. The van der Waals surface area contributed by atoms with Crippen molar-refractivity contribution < 1.29 is 23.8 Å². The minimum absolute atomic E-state index is 0.126. The number of nitrogens with one attached hydrogen (secondary N) is 1. The number of carbonyl (C=O) groups is 2. The molecule has 0 fully saturated rings. The number of halogens is 1. The van der Waals surface area contributed by atoms with Gasteiger partial charge in [-0.15, -0.1) is 0 Å². The Morgan fingerprint density at radius 2 is 2.10 bits per heavy atom. The number of hydrogen-bond acceptors (Lipinski definition) is 7. The molecule has 0 amide bonds. The van der Waals surface area contributed by atoms with E-state index in [1.54, 1.807) is 10.9 Å². The summed E-state index contributed by atoms with van der Waals surface area (Å²) in [7, 11) is 2.90. The molecular weight excluding hydrogens is 410 g/mol. The van der Waals surface area contributed by atoms with Crippen LogP contribution in [0.15, 0.2) is 36.3 Å². The average molecular weight is 432 g/mol. The summed E-state index contributed by atoms with van der Waals surface area (Å²) in [5.41, 5.74) is -0.723. The number of rotatable bonds is 6. The van der Waals surface area contributed by atoms with Gasteiger partial charge >= 0.3 is 0 Å². The summed E-state index contributed by atoms with van der Waals surface area (Å²) < 4.78 is 18.4. The van der Waals surface area contributed by atoms with E-state index < -0.39 is 23.1 Å². The summed E-state index contributed by atoms with van der Waals surface area (Å²) in [4.78, 5) is 26.6. The lowest BCUT2D eigenvalue weighted by Crippen LogP contribution is -2.55. The summed E-state index contributed by atoms with van der Waals surface area (Å²) in [6.07, 6.45) is 5.50. The van der Waals surface area contributed by atoms with Crippen LogP contribution in [0.2, 0.25) is 5.02 Å². The van der Waals surface area contributed by atoms with Crippen molar-refractivity contribution >= 4 is 23.2 Å². The number of carbonyl (C=O) groups excluding carboxylic acids is 2. The molecule has 1 aliphatic heterocycles. The second-order valence-corrected chi connectivity index (χ2v) is 7.68. The van der Waals surface area contributed by atoms with Crippen molar-refractivity contribution in [2.24, 2.45) is 5.92 Å². The Labute approximate surface area is 178 Å². The first-order valence-electron chi connectivity index (χ1n) is 9.57. The summed E-state index contributed by atoms with van der Waals surface area (Å²) in [6, 6.07) is 3.38. The van der Waals surface area contributed by atoms with E-state index in [1.165, 1.54) is 26.4 Å². The smallest absolute Gasteiger partial charge is 0.236 e. The van der Waals surface area contributed by atoms with Crippen molar-refractivity contribution in [3.8, 4) is 17.2 Å². The van der Waals surface area contributed by atoms with E-state index in [2.05, 4.69) is 10.4 Å². The molecule has 9 heteroatoms. The van der Waals surface area contributed by atoms with Gasteiger partial charge in [-0.2, -0.15) is 5.10 Å². The first-order valence-corrected chi connectivity index (χ1v) is 9.94. The van der Waals surface area contributed by atoms with Gasteiger partial charge in [0.2, 0.25) is 17.2 Å². The van der Waals surface area contributed by atoms with Gasteiger partial charge in [0, 0.05) is 42.7 Å². The molecule has 2 aromatic rings. The number of aromatic nitrogens is 2. The molecule has 1 aromatic heterocycles.